The predicted molar refractivity (Wildman–Crippen MR) is 71.4 cm³/mol. The first-order valence-electron chi connectivity index (χ1n) is 6.38. The SMILES string of the molecule is O=C(O)c1cccc2[nH]c(CN3CCOCC3)cc12. The molecular formula is C14H16N2O3. The molecule has 2 N–H and O–H groups in total. The molecule has 1 saturated heterocycles. The molecule has 1 aliphatic heterocycles. The highest BCUT2D eigenvalue weighted by atomic mass is 16.5. The van der Waals surface area contributed by atoms with Crippen molar-refractivity contribution in [3.05, 3.63) is 35.5 Å². The molecule has 2 heterocycles. The second kappa shape index (κ2) is 5.03. The molecule has 100 valence electrons. The van der Waals surface area contributed by atoms with E-state index < -0.39 is 5.97 Å². The van der Waals surface area contributed by atoms with Crippen molar-refractivity contribution in [2.75, 3.05) is 26.3 Å². The number of nitrogens with zero attached hydrogens (tertiary/aromatic N) is 1. The van der Waals surface area contributed by atoms with E-state index in [1.165, 1.54) is 0 Å². The van der Waals surface area contributed by atoms with Crippen molar-refractivity contribution in [3.63, 3.8) is 0 Å². The number of carbonyl (C=O) groups is 1. The van der Waals surface area contributed by atoms with Gasteiger partial charge < -0.3 is 14.8 Å². The van der Waals surface area contributed by atoms with E-state index in [2.05, 4.69) is 9.88 Å². The maximum atomic E-state index is 11.2. The molecule has 1 fully saturated rings. The Kier molecular flexibility index (Phi) is 3.23. The summed E-state index contributed by atoms with van der Waals surface area (Å²) in [6.45, 7) is 4.17. The number of aromatic carboxylic acids is 1. The Balaban J connectivity index is 1.88. The predicted octanol–water partition coefficient (Wildman–Crippen LogP) is 1.70. The van der Waals surface area contributed by atoms with Crippen molar-refractivity contribution >= 4 is 16.9 Å². The van der Waals surface area contributed by atoms with E-state index in [9.17, 15) is 9.90 Å². The summed E-state index contributed by atoms with van der Waals surface area (Å²) in [7, 11) is 0. The zero-order valence-corrected chi connectivity index (χ0v) is 10.6. The fourth-order valence-electron chi connectivity index (χ4n) is 2.48. The first kappa shape index (κ1) is 12.2. The van der Waals surface area contributed by atoms with Gasteiger partial charge in [-0.05, 0) is 18.2 Å². The molecule has 19 heavy (non-hydrogen) atoms. The average Bonchev–Trinajstić information content (AvgIpc) is 2.81. The number of H-pyrrole nitrogens is 1. The lowest BCUT2D eigenvalue weighted by molar-refractivity contribution is 0.0337. The fraction of sp³-hybridized carbons (Fsp3) is 0.357. The van der Waals surface area contributed by atoms with Crippen molar-refractivity contribution in [1.82, 2.24) is 9.88 Å². The molecule has 0 atom stereocenters. The summed E-state index contributed by atoms with van der Waals surface area (Å²) in [5.41, 5.74) is 2.27. The summed E-state index contributed by atoms with van der Waals surface area (Å²) >= 11 is 0. The van der Waals surface area contributed by atoms with Crippen LogP contribution in [-0.4, -0.2) is 47.3 Å². The van der Waals surface area contributed by atoms with Gasteiger partial charge in [0.05, 0.1) is 18.8 Å². The number of benzene rings is 1. The van der Waals surface area contributed by atoms with Gasteiger partial charge >= 0.3 is 5.97 Å². The third kappa shape index (κ3) is 2.47. The number of nitrogens with one attached hydrogen (secondary N) is 1. The van der Waals surface area contributed by atoms with Crippen LogP contribution in [0.15, 0.2) is 24.3 Å². The molecule has 0 unspecified atom stereocenters. The Hall–Kier alpha value is -1.85. The summed E-state index contributed by atoms with van der Waals surface area (Å²) in [5.74, 6) is -0.887. The van der Waals surface area contributed by atoms with Crippen LogP contribution in [-0.2, 0) is 11.3 Å². The summed E-state index contributed by atoms with van der Waals surface area (Å²) in [4.78, 5) is 16.8. The van der Waals surface area contributed by atoms with E-state index in [0.29, 0.717) is 5.56 Å². The molecule has 0 radical (unpaired) electrons. The highest BCUT2D eigenvalue weighted by Gasteiger charge is 2.14. The number of ether oxygens (including phenoxy) is 1. The molecule has 1 aliphatic rings. The van der Waals surface area contributed by atoms with E-state index in [1.54, 1.807) is 12.1 Å². The van der Waals surface area contributed by atoms with Crippen molar-refractivity contribution in [2.24, 2.45) is 0 Å². The lowest BCUT2D eigenvalue weighted by atomic mass is 10.1. The molecule has 1 aromatic carbocycles. The molecule has 0 spiro atoms. The van der Waals surface area contributed by atoms with E-state index in [1.807, 2.05) is 12.1 Å². The minimum absolute atomic E-state index is 0.349. The van der Waals surface area contributed by atoms with Crippen LogP contribution in [0, 0.1) is 0 Å². The molecule has 2 aromatic rings. The second-order valence-corrected chi connectivity index (χ2v) is 4.76. The highest BCUT2D eigenvalue weighted by Crippen LogP contribution is 2.21. The Morgan fingerprint density at radius 3 is 2.89 bits per heavy atom. The van der Waals surface area contributed by atoms with Gasteiger partial charge in [-0.2, -0.15) is 0 Å². The van der Waals surface area contributed by atoms with Crippen molar-refractivity contribution < 1.29 is 14.6 Å². The second-order valence-electron chi connectivity index (χ2n) is 4.76. The van der Waals surface area contributed by atoms with Gasteiger partial charge in [-0.25, -0.2) is 4.79 Å². The van der Waals surface area contributed by atoms with Gasteiger partial charge in [-0.3, -0.25) is 4.90 Å². The molecule has 5 nitrogen and oxygen atoms in total. The Morgan fingerprint density at radius 1 is 1.37 bits per heavy atom. The molecule has 3 rings (SSSR count). The quantitative estimate of drug-likeness (QED) is 0.881. The normalized spacial score (nSPS) is 16.8. The van der Waals surface area contributed by atoms with Gasteiger partial charge in [0, 0.05) is 36.2 Å². The molecule has 0 aliphatic carbocycles. The molecule has 0 amide bonds. The molecule has 0 bridgehead atoms. The van der Waals surface area contributed by atoms with Crippen LogP contribution in [0.1, 0.15) is 16.1 Å². The largest absolute Gasteiger partial charge is 0.478 e. The number of carboxylic acid groups (broad SMARTS) is 1. The third-order valence-electron chi connectivity index (χ3n) is 3.45. The summed E-state index contributed by atoms with van der Waals surface area (Å²) in [5, 5.41) is 9.95. The van der Waals surface area contributed by atoms with Gasteiger partial charge in [0.1, 0.15) is 0 Å². The minimum atomic E-state index is -0.887. The van der Waals surface area contributed by atoms with Gasteiger partial charge in [0.15, 0.2) is 0 Å². The van der Waals surface area contributed by atoms with Crippen LogP contribution < -0.4 is 0 Å². The summed E-state index contributed by atoms with van der Waals surface area (Å²) < 4.78 is 5.32. The maximum absolute atomic E-state index is 11.2. The van der Waals surface area contributed by atoms with Gasteiger partial charge in [-0.15, -0.1) is 0 Å². The van der Waals surface area contributed by atoms with Crippen molar-refractivity contribution in [2.45, 2.75) is 6.54 Å². The van der Waals surface area contributed by atoms with Crippen LogP contribution in [0.5, 0.6) is 0 Å². The lowest BCUT2D eigenvalue weighted by Gasteiger charge is -2.25. The number of hydrogen-bond acceptors (Lipinski definition) is 3. The average molecular weight is 260 g/mol. The molecular weight excluding hydrogens is 244 g/mol. The number of morpholine rings is 1. The van der Waals surface area contributed by atoms with Crippen LogP contribution >= 0.6 is 0 Å². The molecule has 0 saturated carbocycles. The smallest absolute Gasteiger partial charge is 0.336 e. The number of rotatable bonds is 3. The van der Waals surface area contributed by atoms with Crippen LogP contribution in [0.3, 0.4) is 0 Å². The monoisotopic (exact) mass is 260 g/mol. The van der Waals surface area contributed by atoms with Crippen LogP contribution in [0.25, 0.3) is 10.9 Å². The third-order valence-corrected chi connectivity index (χ3v) is 3.45. The first-order chi connectivity index (χ1) is 9.24. The number of carboxylic acids is 1. The number of aromatic nitrogens is 1. The number of fused-ring (bicyclic) bond motifs is 1. The topological polar surface area (TPSA) is 65.6 Å². The van der Waals surface area contributed by atoms with Crippen LogP contribution in [0.4, 0.5) is 0 Å². The summed E-state index contributed by atoms with van der Waals surface area (Å²) in [6, 6.07) is 7.25. The zero-order chi connectivity index (χ0) is 13.2. The maximum Gasteiger partial charge on any atom is 0.336 e. The fourth-order valence-corrected chi connectivity index (χ4v) is 2.48. The lowest BCUT2D eigenvalue weighted by Crippen LogP contribution is -2.35. The molecule has 1 aromatic heterocycles. The van der Waals surface area contributed by atoms with E-state index >= 15 is 0 Å². The molecule has 5 heteroatoms. The summed E-state index contributed by atoms with van der Waals surface area (Å²) in [6.07, 6.45) is 0. The van der Waals surface area contributed by atoms with Crippen molar-refractivity contribution in [1.29, 1.82) is 0 Å². The Morgan fingerprint density at radius 2 is 2.16 bits per heavy atom. The van der Waals surface area contributed by atoms with Crippen LogP contribution in [0.2, 0.25) is 0 Å². The Labute approximate surface area is 110 Å². The van der Waals surface area contributed by atoms with E-state index in [0.717, 1.165) is 49.4 Å². The standard InChI is InChI=1S/C14H16N2O3/c17-14(18)11-2-1-3-13-12(11)8-10(15-13)9-16-4-6-19-7-5-16/h1-3,8,15H,4-7,9H2,(H,17,18). The highest BCUT2D eigenvalue weighted by molar-refractivity contribution is 6.03. The first-order valence-corrected chi connectivity index (χ1v) is 6.38. The Bertz CT molecular complexity index is 600. The number of aromatic amines is 1. The van der Waals surface area contributed by atoms with Crippen molar-refractivity contribution in [3.8, 4) is 0 Å². The zero-order valence-electron chi connectivity index (χ0n) is 10.6. The number of hydrogen-bond donors (Lipinski definition) is 2. The van der Waals surface area contributed by atoms with Gasteiger partial charge in [0.2, 0.25) is 0 Å². The van der Waals surface area contributed by atoms with Gasteiger partial charge in [-0.1, -0.05) is 6.07 Å². The minimum Gasteiger partial charge on any atom is -0.478 e. The van der Waals surface area contributed by atoms with Gasteiger partial charge in [0.25, 0.3) is 0 Å². The van der Waals surface area contributed by atoms with E-state index in [4.69, 9.17) is 4.74 Å². The van der Waals surface area contributed by atoms with E-state index in [-0.39, 0.29) is 0 Å².